The van der Waals surface area contributed by atoms with E-state index in [1.165, 1.54) is 4.90 Å². The van der Waals surface area contributed by atoms with E-state index in [9.17, 15) is 9.35 Å². The fourth-order valence-electron chi connectivity index (χ4n) is 2.61. The fourth-order valence-corrected chi connectivity index (χ4v) is 3.21. The number of nitrogens with zero attached hydrogens (tertiary/aromatic N) is 2. The molecule has 5 nitrogen and oxygen atoms in total. The van der Waals surface area contributed by atoms with Crippen molar-refractivity contribution in [2.45, 2.75) is 38.4 Å². The third kappa shape index (κ3) is 2.64. The lowest BCUT2D eigenvalue weighted by Gasteiger charge is -2.57. The molecule has 1 atom stereocenters. The van der Waals surface area contributed by atoms with Crippen molar-refractivity contribution >= 4 is 23.7 Å². The zero-order chi connectivity index (χ0) is 13.6. The molecule has 1 saturated carbocycles. The molecule has 102 valence electrons. The summed E-state index contributed by atoms with van der Waals surface area (Å²) < 4.78 is 15.5. The molecule has 2 fully saturated rings. The lowest BCUT2D eigenvalue weighted by atomic mass is 9.58. The van der Waals surface area contributed by atoms with Crippen molar-refractivity contribution < 1.29 is 14.5 Å². The highest BCUT2D eigenvalue weighted by Crippen LogP contribution is 2.51. The van der Waals surface area contributed by atoms with Crippen molar-refractivity contribution in [3.63, 3.8) is 0 Å². The molecule has 18 heavy (non-hydrogen) atoms. The van der Waals surface area contributed by atoms with Gasteiger partial charge < -0.3 is 14.6 Å². The molecule has 1 saturated heterocycles. The summed E-state index contributed by atoms with van der Waals surface area (Å²) in [5.41, 5.74) is 0.193. The van der Waals surface area contributed by atoms with Gasteiger partial charge in [0, 0.05) is 24.4 Å². The first-order valence-corrected chi connectivity index (χ1v) is 7.27. The number of rotatable bonds is 2. The quantitative estimate of drug-likeness (QED) is 0.616. The van der Waals surface area contributed by atoms with Gasteiger partial charge in [-0.25, -0.2) is 4.79 Å². The molecule has 0 bridgehead atoms. The van der Waals surface area contributed by atoms with Crippen molar-refractivity contribution in [2.24, 2.45) is 15.7 Å². The summed E-state index contributed by atoms with van der Waals surface area (Å²) in [5.74, 6) is 0.368. The highest BCUT2D eigenvalue weighted by Gasteiger charge is 2.53. The van der Waals surface area contributed by atoms with Crippen LogP contribution < -0.4 is 0 Å². The Morgan fingerprint density at radius 1 is 1.50 bits per heavy atom. The Hall–Kier alpha value is -0.750. The van der Waals surface area contributed by atoms with Crippen molar-refractivity contribution in [1.82, 2.24) is 4.90 Å². The molecule has 1 unspecified atom stereocenters. The van der Waals surface area contributed by atoms with Crippen LogP contribution in [0.1, 0.15) is 33.6 Å². The van der Waals surface area contributed by atoms with E-state index in [1.54, 1.807) is 6.21 Å². The Morgan fingerprint density at radius 2 is 2.06 bits per heavy atom. The fraction of sp³-hybridized carbons (Fsp3) is 0.833. The topological polar surface area (TPSA) is 76.0 Å². The number of carboxylic acid groups (broad SMARTS) is 1. The third-order valence-corrected chi connectivity index (χ3v) is 4.97. The zero-order valence-corrected chi connectivity index (χ0v) is 11.9. The van der Waals surface area contributed by atoms with Gasteiger partial charge in [-0.2, -0.15) is 0 Å². The highest BCUT2D eigenvalue weighted by atomic mass is 32.2. The maximum absolute atomic E-state index is 11.7. The minimum Gasteiger partial charge on any atom is -0.591 e. The van der Waals surface area contributed by atoms with E-state index in [4.69, 9.17) is 5.11 Å². The summed E-state index contributed by atoms with van der Waals surface area (Å²) in [6.07, 6.45) is 2.92. The van der Waals surface area contributed by atoms with E-state index >= 15 is 0 Å². The molecular weight excluding hydrogens is 252 g/mol. The maximum Gasteiger partial charge on any atom is 0.407 e. The SMILES string of the molecule is CC(C)(C)[S+]([O-])N=CC1CC2(C1)CN(C(=O)O)C2. The van der Waals surface area contributed by atoms with Gasteiger partial charge in [0.25, 0.3) is 0 Å². The van der Waals surface area contributed by atoms with Gasteiger partial charge in [-0.3, -0.25) is 0 Å². The molecule has 2 aliphatic rings. The molecule has 1 aliphatic heterocycles. The summed E-state index contributed by atoms with van der Waals surface area (Å²) in [4.78, 5) is 12.1. The van der Waals surface area contributed by atoms with Crippen LogP contribution in [0.2, 0.25) is 0 Å². The Kier molecular flexibility index (Phi) is 3.36. The van der Waals surface area contributed by atoms with E-state index in [-0.39, 0.29) is 10.2 Å². The van der Waals surface area contributed by atoms with Gasteiger partial charge in [-0.1, -0.05) is 4.40 Å². The van der Waals surface area contributed by atoms with Gasteiger partial charge in [-0.05, 0) is 33.6 Å². The van der Waals surface area contributed by atoms with Crippen LogP contribution in [0.15, 0.2) is 4.40 Å². The first kappa shape index (κ1) is 13.7. The first-order chi connectivity index (χ1) is 8.22. The number of carbonyl (C=O) groups is 1. The normalized spacial score (nSPS) is 25.0. The van der Waals surface area contributed by atoms with E-state index < -0.39 is 17.5 Å². The van der Waals surface area contributed by atoms with Crippen LogP contribution in [-0.2, 0) is 11.4 Å². The summed E-state index contributed by atoms with van der Waals surface area (Å²) >= 11 is -1.18. The molecule has 0 radical (unpaired) electrons. The largest absolute Gasteiger partial charge is 0.591 e. The summed E-state index contributed by atoms with van der Waals surface area (Å²) in [6, 6.07) is 0. The molecule has 1 amide bonds. The van der Waals surface area contributed by atoms with Gasteiger partial charge in [0.1, 0.15) is 16.1 Å². The first-order valence-electron chi connectivity index (χ1n) is 6.16. The van der Waals surface area contributed by atoms with E-state index in [0.29, 0.717) is 19.0 Å². The van der Waals surface area contributed by atoms with Crippen LogP contribution in [-0.4, -0.2) is 44.7 Å². The summed E-state index contributed by atoms with van der Waals surface area (Å²) in [6.45, 7) is 7.00. The van der Waals surface area contributed by atoms with Crippen molar-refractivity contribution in [2.75, 3.05) is 13.1 Å². The molecule has 1 spiro atoms. The second-order valence-electron chi connectivity index (χ2n) is 6.42. The highest BCUT2D eigenvalue weighted by molar-refractivity contribution is 7.91. The van der Waals surface area contributed by atoms with Gasteiger partial charge in [0.05, 0.1) is 6.21 Å². The predicted octanol–water partition coefficient (Wildman–Crippen LogP) is 1.91. The Bertz CT molecular complexity index is 364. The van der Waals surface area contributed by atoms with E-state index in [1.807, 2.05) is 20.8 Å². The van der Waals surface area contributed by atoms with Crippen LogP contribution in [0.4, 0.5) is 4.79 Å². The molecule has 1 aliphatic carbocycles. The number of likely N-dealkylation sites (tertiary alicyclic amines) is 1. The monoisotopic (exact) mass is 272 g/mol. The van der Waals surface area contributed by atoms with Crippen molar-refractivity contribution in [3.8, 4) is 0 Å². The molecule has 2 rings (SSSR count). The molecule has 0 aromatic rings. The molecular formula is C12H20N2O3S. The molecule has 0 aromatic carbocycles. The summed E-state index contributed by atoms with van der Waals surface area (Å²) in [7, 11) is 0. The third-order valence-electron chi connectivity index (χ3n) is 3.60. The minimum absolute atomic E-state index is 0.193. The van der Waals surface area contributed by atoms with Crippen molar-refractivity contribution in [3.05, 3.63) is 0 Å². The number of hydrogen-bond donors (Lipinski definition) is 1. The summed E-state index contributed by atoms with van der Waals surface area (Å²) in [5, 5.41) is 8.78. The molecule has 0 aromatic heterocycles. The standard InChI is InChI=1S/C12H20N2O3S/c1-11(2,3)18(17)13-6-9-4-12(5-9)7-14(8-12)10(15)16/h6,9H,4-5,7-8H2,1-3H3,(H,15,16). The molecule has 6 heteroatoms. The zero-order valence-electron chi connectivity index (χ0n) is 11.0. The van der Waals surface area contributed by atoms with Crippen LogP contribution >= 0.6 is 0 Å². The smallest absolute Gasteiger partial charge is 0.407 e. The van der Waals surface area contributed by atoms with Gasteiger partial charge in [-0.15, -0.1) is 0 Å². The molecule has 1 N–H and O–H groups in total. The van der Waals surface area contributed by atoms with Crippen LogP contribution in [0.25, 0.3) is 0 Å². The second-order valence-corrected chi connectivity index (χ2v) is 8.36. The Labute approximate surface area is 111 Å². The average Bonchev–Trinajstić information content (AvgIpc) is 2.09. The van der Waals surface area contributed by atoms with Gasteiger partial charge in [0.2, 0.25) is 0 Å². The lowest BCUT2D eigenvalue weighted by Crippen LogP contribution is -2.63. The predicted molar refractivity (Wildman–Crippen MR) is 71.1 cm³/mol. The average molecular weight is 272 g/mol. The van der Waals surface area contributed by atoms with E-state index in [0.717, 1.165) is 12.8 Å². The Morgan fingerprint density at radius 3 is 2.50 bits per heavy atom. The van der Waals surface area contributed by atoms with Gasteiger partial charge in [0.15, 0.2) is 0 Å². The lowest BCUT2D eigenvalue weighted by molar-refractivity contribution is -0.0608. The number of hydrogen-bond acceptors (Lipinski definition) is 3. The van der Waals surface area contributed by atoms with E-state index in [2.05, 4.69) is 4.40 Å². The van der Waals surface area contributed by atoms with Crippen LogP contribution in [0.3, 0.4) is 0 Å². The van der Waals surface area contributed by atoms with Crippen LogP contribution in [0, 0.1) is 11.3 Å². The number of amides is 1. The van der Waals surface area contributed by atoms with Gasteiger partial charge >= 0.3 is 6.09 Å². The minimum atomic E-state index is -1.18. The second kappa shape index (κ2) is 4.42. The molecule has 1 heterocycles. The maximum atomic E-state index is 11.7. The Balaban J connectivity index is 1.75. The van der Waals surface area contributed by atoms with Crippen molar-refractivity contribution in [1.29, 1.82) is 0 Å². The van der Waals surface area contributed by atoms with Crippen LogP contribution in [0.5, 0.6) is 0 Å².